The quantitative estimate of drug-likeness (QED) is 0.843. The Morgan fingerprint density at radius 1 is 1.30 bits per heavy atom. The number of nitrogens with zero attached hydrogens (tertiary/aromatic N) is 1. The van der Waals surface area contributed by atoms with Gasteiger partial charge in [-0.3, -0.25) is 5.43 Å². The van der Waals surface area contributed by atoms with Gasteiger partial charge < -0.3 is 4.74 Å². The molecule has 0 saturated carbocycles. The van der Waals surface area contributed by atoms with Crippen LogP contribution in [-0.2, 0) is 9.53 Å². The first-order valence-electron chi connectivity index (χ1n) is 6.25. The van der Waals surface area contributed by atoms with E-state index in [0.29, 0.717) is 5.57 Å². The molecular weight excluding hydrogens is 259 g/mol. The zero-order valence-electron chi connectivity index (χ0n) is 11.1. The molecule has 5 heteroatoms. The molecule has 1 aliphatic heterocycles. The molecule has 1 aromatic carbocycles. The minimum absolute atomic E-state index is 0.172. The number of hydrogen-bond acceptors (Lipinski definition) is 4. The van der Waals surface area contributed by atoms with Gasteiger partial charge in [0.2, 0.25) is 0 Å². The first kappa shape index (κ1) is 14.0. The van der Waals surface area contributed by atoms with E-state index in [1.807, 2.05) is 12.2 Å². The van der Waals surface area contributed by atoms with E-state index in [1.54, 1.807) is 18.3 Å². The molecule has 20 heavy (non-hydrogen) atoms. The van der Waals surface area contributed by atoms with Crippen LogP contribution in [0.5, 0.6) is 0 Å². The number of benzene rings is 1. The van der Waals surface area contributed by atoms with E-state index in [1.165, 1.54) is 19.2 Å². The zero-order chi connectivity index (χ0) is 14.4. The Kier molecular flexibility index (Phi) is 4.65. The number of methoxy groups -OCH3 is 1. The highest BCUT2D eigenvalue weighted by Gasteiger charge is 2.19. The van der Waals surface area contributed by atoms with Crippen molar-refractivity contribution in [1.29, 1.82) is 0 Å². The topological polar surface area (TPSA) is 50.7 Å². The van der Waals surface area contributed by atoms with Gasteiger partial charge in [0, 0.05) is 11.8 Å². The van der Waals surface area contributed by atoms with Gasteiger partial charge in [-0.15, -0.1) is 0 Å². The van der Waals surface area contributed by atoms with Crippen molar-refractivity contribution in [2.75, 3.05) is 7.11 Å². The first-order chi connectivity index (χ1) is 9.72. The van der Waals surface area contributed by atoms with Crippen molar-refractivity contribution < 1.29 is 13.9 Å². The van der Waals surface area contributed by atoms with Gasteiger partial charge in [-0.05, 0) is 30.5 Å². The number of esters is 1. The van der Waals surface area contributed by atoms with Crippen molar-refractivity contribution >= 4 is 17.3 Å². The molecule has 1 aliphatic rings. The summed E-state index contributed by atoms with van der Waals surface area (Å²) in [6.45, 7) is 0. The average molecular weight is 274 g/mol. The Bertz CT molecular complexity index is 574. The minimum Gasteiger partial charge on any atom is -0.464 e. The van der Waals surface area contributed by atoms with Crippen LogP contribution in [0.2, 0.25) is 0 Å². The Morgan fingerprint density at radius 3 is 2.75 bits per heavy atom. The lowest BCUT2D eigenvalue weighted by Crippen LogP contribution is -2.20. The molecule has 0 bridgehead atoms. The fourth-order valence-corrected chi connectivity index (χ4v) is 1.85. The SMILES string of the molecule is COC(=O)C1=N/N/C=C\CC\C=C\1c1ccc(F)cc1. The van der Waals surface area contributed by atoms with E-state index in [9.17, 15) is 9.18 Å². The summed E-state index contributed by atoms with van der Waals surface area (Å²) in [5.74, 6) is -0.864. The smallest absolute Gasteiger partial charge is 0.359 e. The summed E-state index contributed by atoms with van der Waals surface area (Å²) >= 11 is 0. The highest BCUT2D eigenvalue weighted by molar-refractivity contribution is 6.54. The normalized spacial score (nSPS) is 21.9. The van der Waals surface area contributed by atoms with Gasteiger partial charge in [-0.1, -0.05) is 24.3 Å². The van der Waals surface area contributed by atoms with Crippen LogP contribution in [0.15, 0.2) is 47.7 Å². The number of allylic oxidation sites excluding steroid dienone is 2. The van der Waals surface area contributed by atoms with Crippen LogP contribution in [0.25, 0.3) is 5.57 Å². The van der Waals surface area contributed by atoms with Crippen LogP contribution in [-0.4, -0.2) is 18.8 Å². The summed E-state index contributed by atoms with van der Waals surface area (Å²) in [7, 11) is 1.30. The first-order valence-corrected chi connectivity index (χ1v) is 6.25. The maximum atomic E-state index is 13.0. The molecule has 0 unspecified atom stereocenters. The molecule has 0 aliphatic carbocycles. The van der Waals surface area contributed by atoms with Crippen LogP contribution in [0, 0.1) is 5.82 Å². The van der Waals surface area contributed by atoms with Crippen molar-refractivity contribution in [3.8, 4) is 0 Å². The maximum absolute atomic E-state index is 13.0. The molecule has 0 aromatic heterocycles. The molecule has 2 rings (SSSR count). The predicted octanol–water partition coefficient (Wildman–Crippen LogP) is 2.64. The van der Waals surface area contributed by atoms with Crippen LogP contribution < -0.4 is 5.43 Å². The predicted molar refractivity (Wildman–Crippen MR) is 75.3 cm³/mol. The summed E-state index contributed by atoms with van der Waals surface area (Å²) in [5, 5.41) is 4.04. The van der Waals surface area contributed by atoms with Gasteiger partial charge in [0.05, 0.1) is 7.11 Å². The summed E-state index contributed by atoms with van der Waals surface area (Å²) in [5.41, 5.74) is 4.22. The van der Waals surface area contributed by atoms with E-state index in [-0.39, 0.29) is 11.5 Å². The third-order valence-electron chi connectivity index (χ3n) is 2.84. The van der Waals surface area contributed by atoms with Gasteiger partial charge in [0.1, 0.15) is 5.82 Å². The van der Waals surface area contributed by atoms with E-state index < -0.39 is 5.97 Å². The number of carbonyl (C=O) groups excluding carboxylic acids is 1. The van der Waals surface area contributed by atoms with Crippen molar-refractivity contribution in [2.45, 2.75) is 12.8 Å². The lowest BCUT2D eigenvalue weighted by molar-refractivity contribution is -0.132. The largest absolute Gasteiger partial charge is 0.464 e. The molecular formula is C15H15FN2O2. The molecule has 0 radical (unpaired) electrons. The number of carbonyl (C=O) groups is 1. The Hall–Kier alpha value is -2.43. The third-order valence-corrected chi connectivity index (χ3v) is 2.84. The third kappa shape index (κ3) is 3.32. The number of ether oxygens (including phenoxy) is 1. The fourth-order valence-electron chi connectivity index (χ4n) is 1.85. The molecule has 1 N–H and O–H groups in total. The van der Waals surface area contributed by atoms with Gasteiger partial charge in [0.15, 0.2) is 5.71 Å². The van der Waals surface area contributed by atoms with Crippen molar-refractivity contribution in [2.24, 2.45) is 5.10 Å². The number of halogens is 1. The average Bonchev–Trinajstić information content (AvgIpc) is 2.59. The van der Waals surface area contributed by atoms with E-state index in [0.717, 1.165) is 18.4 Å². The van der Waals surface area contributed by atoms with E-state index >= 15 is 0 Å². The van der Waals surface area contributed by atoms with Gasteiger partial charge in [-0.2, -0.15) is 5.10 Å². The van der Waals surface area contributed by atoms with Crippen molar-refractivity contribution in [3.63, 3.8) is 0 Å². The number of hydrogen-bond donors (Lipinski definition) is 1. The number of hydrazone groups is 1. The zero-order valence-corrected chi connectivity index (χ0v) is 11.1. The van der Waals surface area contributed by atoms with Crippen LogP contribution in [0.4, 0.5) is 4.39 Å². The molecule has 4 nitrogen and oxygen atoms in total. The summed E-state index contributed by atoms with van der Waals surface area (Å²) in [6, 6.07) is 5.93. The second kappa shape index (κ2) is 6.65. The molecule has 0 atom stereocenters. The molecule has 0 saturated heterocycles. The molecule has 1 heterocycles. The van der Waals surface area contributed by atoms with Crippen LogP contribution in [0.1, 0.15) is 18.4 Å². The summed E-state index contributed by atoms with van der Waals surface area (Å²) in [4.78, 5) is 11.9. The molecule has 0 amide bonds. The second-order valence-electron chi connectivity index (χ2n) is 4.19. The lowest BCUT2D eigenvalue weighted by Gasteiger charge is -2.09. The standard InChI is InChI=1S/C15H15FN2O2/c1-20-15(19)14-13(5-3-2-4-10-17-18-14)11-6-8-12(16)9-7-11/h4-10,17H,2-3H2,1H3/b10-4-,13-5+,18-14+. The Balaban J connectivity index is 2.45. The molecule has 104 valence electrons. The van der Waals surface area contributed by atoms with Crippen LogP contribution >= 0.6 is 0 Å². The number of rotatable bonds is 2. The molecule has 1 aromatic rings. The molecule has 0 spiro atoms. The lowest BCUT2D eigenvalue weighted by atomic mass is 9.99. The second-order valence-corrected chi connectivity index (χ2v) is 4.19. The van der Waals surface area contributed by atoms with Gasteiger partial charge >= 0.3 is 5.97 Å². The minimum atomic E-state index is -0.539. The Labute approximate surface area is 116 Å². The fraction of sp³-hybridized carbons (Fsp3) is 0.200. The highest BCUT2D eigenvalue weighted by atomic mass is 19.1. The maximum Gasteiger partial charge on any atom is 0.359 e. The van der Waals surface area contributed by atoms with Crippen LogP contribution in [0.3, 0.4) is 0 Å². The monoisotopic (exact) mass is 274 g/mol. The highest BCUT2D eigenvalue weighted by Crippen LogP contribution is 2.20. The summed E-state index contributed by atoms with van der Waals surface area (Å²) in [6.07, 6.45) is 7.07. The Morgan fingerprint density at radius 2 is 2.05 bits per heavy atom. The van der Waals surface area contributed by atoms with Gasteiger partial charge in [0.25, 0.3) is 0 Å². The van der Waals surface area contributed by atoms with Gasteiger partial charge in [-0.25, -0.2) is 9.18 Å². The van der Waals surface area contributed by atoms with E-state index in [4.69, 9.17) is 4.74 Å². The number of nitrogens with one attached hydrogen (secondary N) is 1. The van der Waals surface area contributed by atoms with Crippen molar-refractivity contribution in [3.05, 3.63) is 54.0 Å². The molecule has 0 fully saturated rings. The summed E-state index contributed by atoms with van der Waals surface area (Å²) < 4.78 is 17.8. The van der Waals surface area contributed by atoms with Crippen molar-refractivity contribution in [1.82, 2.24) is 5.43 Å². The van der Waals surface area contributed by atoms with E-state index in [2.05, 4.69) is 10.5 Å².